The van der Waals surface area contributed by atoms with E-state index in [1.807, 2.05) is 12.2 Å². The molecule has 0 bridgehead atoms. The molecule has 2 unspecified atom stereocenters. The first-order chi connectivity index (χ1) is 25.3. The molecule has 0 radical (unpaired) electrons. The number of hydrogen-bond donors (Lipinski definition) is 1. The molecule has 0 saturated heterocycles. The van der Waals surface area contributed by atoms with Crippen LogP contribution in [0, 0.1) is 0 Å². The van der Waals surface area contributed by atoms with Crippen molar-refractivity contribution in [2.45, 2.75) is 180 Å². The van der Waals surface area contributed by atoms with Gasteiger partial charge in [-0.25, -0.2) is 4.57 Å². The third-order valence-corrected chi connectivity index (χ3v) is 9.50. The molecule has 0 aliphatic rings. The molecule has 0 aliphatic carbocycles. The monoisotopic (exact) mass is 751 g/mol. The van der Waals surface area contributed by atoms with Gasteiger partial charge in [-0.2, -0.15) is 0 Å². The first-order valence-corrected chi connectivity index (χ1v) is 22.0. The second kappa shape index (κ2) is 38.5. The van der Waals surface area contributed by atoms with Gasteiger partial charge in [-0.05, 0) is 38.5 Å². The number of ether oxygens (including phenoxy) is 2. The van der Waals surface area contributed by atoms with Crippen LogP contribution in [-0.4, -0.2) is 43.3 Å². The summed E-state index contributed by atoms with van der Waals surface area (Å²) in [5.41, 5.74) is 0. The van der Waals surface area contributed by atoms with Crippen LogP contribution in [-0.2, 0) is 32.7 Å². The minimum absolute atomic E-state index is 0.0122. The van der Waals surface area contributed by atoms with Crippen molar-refractivity contribution in [3.05, 3.63) is 60.8 Å². The summed E-state index contributed by atoms with van der Waals surface area (Å²) in [5, 5.41) is 0. The Kier molecular flexibility index (Phi) is 36.8. The highest BCUT2D eigenvalue weighted by Gasteiger charge is 2.24. The summed E-state index contributed by atoms with van der Waals surface area (Å²) in [6.07, 6.45) is 47.3. The molecule has 9 heteroatoms. The van der Waals surface area contributed by atoms with Crippen LogP contribution in [0.15, 0.2) is 60.8 Å². The molecule has 0 heterocycles. The Labute approximate surface area is 318 Å². The van der Waals surface area contributed by atoms with Gasteiger partial charge in [0.25, 0.3) is 0 Å². The van der Waals surface area contributed by atoms with Gasteiger partial charge in [0.05, 0.1) is 13.0 Å². The zero-order valence-corrected chi connectivity index (χ0v) is 34.1. The van der Waals surface area contributed by atoms with Crippen LogP contribution in [0.5, 0.6) is 0 Å². The van der Waals surface area contributed by atoms with Crippen LogP contribution in [0.1, 0.15) is 174 Å². The maximum Gasteiger partial charge on any atom is 0.472 e. The molecule has 1 N–H and O–H groups in total. The maximum absolute atomic E-state index is 12.4. The van der Waals surface area contributed by atoms with Crippen molar-refractivity contribution in [1.82, 2.24) is 0 Å². The minimum atomic E-state index is -4.28. The first-order valence-electron chi connectivity index (χ1n) is 20.5. The molecule has 300 valence electrons. The van der Waals surface area contributed by atoms with Crippen LogP contribution in [0.3, 0.4) is 0 Å². The number of phosphoric acid groups is 1. The normalized spacial score (nSPS) is 14.0. The van der Waals surface area contributed by atoms with Gasteiger partial charge in [0.15, 0.2) is 6.10 Å². The molecule has 0 aromatic heterocycles. The largest absolute Gasteiger partial charge is 0.472 e. The number of unbranched alkanes of at least 4 members (excludes halogenated alkanes) is 17. The highest BCUT2D eigenvalue weighted by molar-refractivity contribution is 7.47. The number of hydrogen-bond acceptors (Lipinski definition) is 7. The Morgan fingerprint density at radius 1 is 0.558 bits per heavy atom. The molecule has 8 nitrogen and oxygen atoms in total. The van der Waals surface area contributed by atoms with Crippen LogP contribution < -0.4 is 0 Å². The fourth-order valence-corrected chi connectivity index (χ4v) is 5.90. The number of carbonyl (C=O) groups is 2. The van der Waals surface area contributed by atoms with Crippen molar-refractivity contribution >= 4 is 19.8 Å². The van der Waals surface area contributed by atoms with Gasteiger partial charge in [-0.3, -0.25) is 18.6 Å². The number of esters is 2. The Morgan fingerprint density at radius 2 is 0.962 bits per heavy atom. The van der Waals surface area contributed by atoms with E-state index >= 15 is 0 Å². The lowest BCUT2D eigenvalue weighted by molar-refractivity contribution is -0.160. The quantitative estimate of drug-likeness (QED) is 0.0289. The third-order valence-electron chi connectivity index (χ3n) is 8.56. The highest BCUT2D eigenvalue weighted by atomic mass is 31.2. The van der Waals surface area contributed by atoms with Crippen molar-refractivity contribution < 1.29 is 37.6 Å². The molecule has 0 fully saturated rings. The van der Waals surface area contributed by atoms with E-state index in [2.05, 4.69) is 60.9 Å². The number of allylic oxidation sites excluding steroid dienone is 9. The smallest absolute Gasteiger partial charge is 0.462 e. The van der Waals surface area contributed by atoms with Crippen LogP contribution in [0.2, 0.25) is 0 Å². The lowest BCUT2D eigenvalue weighted by Crippen LogP contribution is -2.29. The van der Waals surface area contributed by atoms with E-state index in [0.717, 1.165) is 52.1 Å². The van der Waals surface area contributed by atoms with E-state index < -0.39 is 32.5 Å². The Bertz CT molecular complexity index is 1030. The van der Waals surface area contributed by atoms with Crippen molar-refractivity contribution in [1.29, 1.82) is 0 Å². The average Bonchev–Trinajstić information content (AvgIpc) is 3.13. The fraction of sp³-hybridized carbons (Fsp3) is 0.721. The van der Waals surface area contributed by atoms with E-state index in [1.54, 1.807) is 6.08 Å². The molecule has 0 amide bonds. The number of rotatable bonds is 37. The van der Waals surface area contributed by atoms with Crippen LogP contribution in [0.25, 0.3) is 0 Å². The Balaban J connectivity index is 4.11. The summed E-state index contributed by atoms with van der Waals surface area (Å²) in [4.78, 5) is 34.3. The zero-order chi connectivity index (χ0) is 38.2. The number of carbonyl (C=O) groups excluding carboxylic acids is 2. The topological polar surface area (TPSA) is 108 Å². The number of phosphoric ester groups is 1. The molecular formula is C43H75O8P. The Hall–Kier alpha value is -2.25. The van der Waals surface area contributed by atoms with Gasteiger partial charge in [0.1, 0.15) is 6.61 Å². The second-order valence-corrected chi connectivity index (χ2v) is 15.0. The Morgan fingerprint density at radius 3 is 1.38 bits per heavy atom. The predicted molar refractivity (Wildman–Crippen MR) is 216 cm³/mol. The van der Waals surface area contributed by atoms with Gasteiger partial charge < -0.3 is 14.4 Å². The van der Waals surface area contributed by atoms with Gasteiger partial charge in [0, 0.05) is 13.5 Å². The summed E-state index contributed by atoms with van der Waals surface area (Å²) < 4.78 is 31.8. The summed E-state index contributed by atoms with van der Waals surface area (Å²) in [6, 6.07) is 0. The molecule has 2 atom stereocenters. The SMILES string of the molecule is CC/C=C\C/C=C\C/C=C\C/C=C\C/C=C\CC(=O)OC(COC(=O)CCCCCCCCCCCCCCCCCCCC)COP(=O)(O)OC. The van der Waals surface area contributed by atoms with Gasteiger partial charge in [-0.1, -0.05) is 184 Å². The van der Waals surface area contributed by atoms with Crippen molar-refractivity contribution in [3.8, 4) is 0 Å². The highest BCUT2D eigenvalue weighted by Crippen LogP contribution is 2.42. The van der Waals surface area contributed by atoms with E-state index in [0.29, 0.717) is 6.42 Å². The summed E-state index contributed by atoms with van der Waals surface area (Å²) >= 11 is 0. The molecule has 0 aliphatic heterocycles. The van der Waals surface area contributed by atoms with Crippen LogP contribution >= 0.6 is 7.82 Å². The van der Waals surface area contributed by atoms with Crippen molar-refractivity contribution in [2.24, 2.45) is 0 Å². The summed E-state index contributed by atoms with van der Waals surface area (Å²) in [5.74, 6) is -0.950. The molecule has 0 rings (SSSR count). The standard InChI is InChI=1S/C43H75O8P/c1-4-6-8-10-12-14-16-18-20-21-22-24-25-27-29-31-33-35-37-42(44)49-39-41(40-50-52(46,47)48-3)51-43(45)38-36-34-32-30-28-26-23-19-17-15-13-11-9-7-5-2/h7,9,13,15,19,23,28,30,34,36,41H,4-6,8,10-12,14,16-18,20-22,24-27,29,31-33,35,37-40H2,1-3H3,(H,46,47)/b9-7-,15-13-,23-19-,30-28-,36-34-. The molecule has 0 saturated carbocycles. The van der Waals surface area contributed by atoms with Crippen LogP contribution in [0.4, 0.5) is 0 Å². The maximum atomic E-state index is 12.4. The zero-order valence-electron chi connectivity index (χ0n) is 33.2. The van der Waals surface area contributed by atoms with Crippen molar-refractivity contribution in [2.75, 3.05) is 20.3 Å². The molecule has 0 spiro atoms. The van der Waals surface area contributed by atoms with Gasteiger partial charge >= 0.3 is 19.8 Å². The fourth-order valence-electron chi connectivity index (χ4n) is 5.44. The lowest BCUT2D eigenvalue weighted by atomic mass is 10.0. The molecule has 0 aromatic carbocycles. The lowest BCUT2D eigenvalue weighted by Gasteiger charge is -2.19. The minimum Gasteiger partial charge on any atom is -0.462 e. The third kappa shape index (κ3) is 37.5. The second-order valence-electron chi connectivity index (χ2n) is 13.4. The summed E-state index contributed by atoms with van der Waals surface area (Å²) in [6.45, 7) is 3.69. The van der Waals surface area contributed by atoms with E-state index in [4.69, 9.17) is 14.0 Å². The van der Waals surface area contributed by atoms with E-state index in [1.165, 1.54) is 96.3 Å². The first kappa shape index (κ1) is 49.8. The molecule has 52 heavy (non-hydrogen) atoms. The van der Waals surface area contributed by atoms with Gasteiger partial charge in [-0.15, -0.1) is 0 Å². The van der Waals surface area contributed by atoms with Gasteiger partial charge in [0.2, 0.25) is 0 Å². The molecular weight excluding hydrogens is 675 g/mol. The average molecular weight is 751 g/mol. The van der Waals surface area contributed by atoms with E-state index in [9.17, 15) is 19.0 Å². The molecule has 0 aromatic rings. The summed E-state index contributed by atoms with van der Waals surface area (Å²) in [7, 11) is -3.24. The predicted octanol–water partition coefficient (Wildman–Crippen LogP) is 12.8. The van der Waals surface area contributed by atoms with E-state index in [-0.39, 0.29) is 19.4 Å². The van der Waals surface area contributed by atoms with Crippen molar-refractivity contribution in [3.63, 3.8) is 0 Å².